The number of anilines is 1. The van der Waals surface area contributed by atoms with Crippen LogP contribution in [-0.2, 0) is 11.3 Å². The van der Waals surface area contributed by atoms with Crippen molar-refractivity contribution in [2.75, 3.05) is 10.7 Å². The average molecular weight is 396 g/mol. The molecule has 0 radical (unpaired) electrons. The van der Waals surface area contributed by atoms with Crippen LogP contribution in [-0.4, -0.2) is 27.3 Å². The Bertz CT molecular complexity index is 1020. The summed E-state index contributed by atoms with van der Waals surface area (Å²) >= 11 is 1.33. The van der Waals surface area contributed by atoms with Crippen LogP contribution in [0.2, 0.25) is 0 Å². The largest absolute Gasteiger partial charge is 0.309 e. The summed E-state index contributed by atoms with van der Waals surface area (Å²) in [5.41, 5.74) is 1.49. The van der Waals surface area contributed by atoms with Crippen LogP contribution < -0.4 is 10.5 Å². The van der Waals surface area contributed by atoms with Gasteiger partial charge in [0.05, 0.1) is 16.7 Å². The van der Waals surface area contributed by atoms with Crippen LogP contribution in [0.3, 0.4) is 0 Å². The lowest BCUT2D eigenvalue weighted by atomic mass is 10.2. The summed E-state index contributed by atoms with van der Waals surface area (Å²) in [6.07, 6.45) is 0.823. The van der Waals surface area contributed by atoms with Gasteiger partial charge in [0.15, 0.2) is 5.16 Å². The normalized spacial score (nSPS) is 11.1. The number of thioether (sulfide) groups is 1. The van der Waals surface area contributed by atoms with Crippen LogP contribution >= 0.6 is 11.8 Å². The zero-order chi connectivity index (χ0) is 20.1. The number of carbonyl (C=O) groups is 1. The molecule has 2 aromatic carbocycles. The molecule has 0 aliphatic rings. The number of aromatic nitrogens is 2. The number of nitrogens with zero attached hydrogens (tertiary/aromatic N) is 3. The number of carbonyl (C=O) groups excluding carboxylic acids is 1. The summed E-state index contributed by atoms with van der Waals surface area (Å²) in [5, 5.41) is 1.20. The summed E-state index contributed by atoms with van der Waals surface area (Å²) in [6.45, 7) is 6.60. The highest BCUT2D eigenvalue weighted by atomic mass is 32.2. The van der Waals surface area contributed by atoms with E-state index in [0.29, 0.717) is 22.6 Å². The van der Waals surface area contributed by atoms with Gasteiger partial charge in [-0.3, -0.25) is 14.2 Å². The third-order valence-corrected chi connectivity index (χ3v) is 5.38. The molecule has 28 heavy (non-hydrogen) atoms. The minimum atomic E-state index is -0.0498. The van der Waals surface area contributed by atoms with E-state index in [9.17, 15) is 9.59 Å². The average Bonchev–Trinajstić information content (AvgIpc) is 2.69. The lowest BCUT2D eigenvalue weighted by Gasteiger charge is -2.27. The van der Waals surface area contributed by atoms with E-state index in [1.165, 1.54) is 11.8 Å². The van der Waals surface area contributed by atoms with Crippen LogP contribution in [0.5, 0.6) is 0 Å². The van der Waals surface area contributed by atoms with E-state index in [0.717, 1.165) is 12.1 Å². The van der Waals surface area contributed by atoms with E-state index in [-0.39, 0.29) is 23.3 Å². The maximum Gasteiger partial charge on any atom is 0.262 e. The smallest absolute Gasteiger partial charge is 0.262 e. The lowest BCUT2D eigenvalue weighted by Crippen LogP contribution is -2.38. The van der Waals surface area contributed by atoms with Crippen molar-refractivity contribution in [3.05, 3.63) is 65.0 Å². The van der Waals surface area contributed by atoms with Crippen molar-refractivity contribution in [1.29, 1.82) is 0 Å². The molecule has 0 bridgehead atoms. The Morgan fingerprint density at radius 3 is 2.46 bits per heavy atom. The highest BCUT2D eigenvalue weighted by Gasteiger charge is 2.20. The molecule has 3 rings (SSSR count). The zero-order valence-electron chi connectivity index (χ0n) is 16.5. The van der Waals surface area contributed by atoms with Crippen LogP contribution in [0.4, 0.5) is 5.69 Å². The Balaban J connectivity index is 1.89. The van der Waals surface area contributed by atoms with E-state index in [1.54, 1.807) is 15.5 Å². The molecule has 1 aromatic heterocycles. The highest BCUT2D eigenvalue weighted by Crippen LogP contribution is 2.22. The quantitative estimate of drug-likeness (QED) is 0.441. The Morgan fingerprint density at radius 1 is 1.11 bits per heavy atom. The van der Waals surface area contributed by atoms with Crippen molar-refractivity contribution in [3.8, 4) is 0 Å². The Morgan fingerprint density at radius 2 is 1.79 bits per heavy atom. The summed E-state index contributed by atoms with van der Waals surface area (Å²) in [7, 11) is 0. The van der Waals surface area contributed by atoms with Crippen molar-refractivity contribution in [1.82, 2.24) is 9.55 Å². The number of rotatable bonds is 7. The minimum absolute atomic E-state index is 0.00310. The Labute approximate surface area is 169 Å². The first kappa shape index (κ1) is 20.1. The summed E-state index contributed by atoms with van der Waals surface area (Å²) < 4.78 is 1.68. The van der Waals surface area contributed by atoms with Crippen LogP contribution in [0, 0.1) is 0 Å². The summed E-state index contributed by atoms with van der Waals surface area (Å²) in [5.74, 6) is 0.221. The maximum atomic E-state index is 13.0. The molecule has 0 saturated heterocycles. The van der Waals surface area contributed by atoms with Gasteiger partial charge in [-0.05, 0) is 44.5 Å². The van der Waals surface area contributed by atoms with Crippen molar-refractivity contribution >= 4 is 34.3 Å². The number of hydrogen-bond donors (Lipinski definition) is 0. The van der Waals surface area contributed by atoms with Gasteiger partial charge in [-0.25, -0.2) is 4.98 Å². The van der Waals surface area contributed by atoms with Gasteiger partial charge in [-0.1, -0.05) is 49.0 Å². The molecule has 0 N–H and O–H groups in total. The van der Waals surface area contributed by atoms with Gasteiger partial charge in [0, 0.05) is 18.3 Å². The van der Waals surface area contributed by atoms with Gasteiger partial charge < -0.3 is 4.90 Å². The van der Waals surface area contributed by atoms with Gasteiger partial charge >= 0.3 is 0 Å². The van der Waals surface area contributed by atoms with E-state index in [4.69, 9.17) is 0 Å². The molecule has 0 aliphatic heterocycles. The molecule has 0 spiro atoms. The molecular formula is C22H25N3O2S. The Hall–Kier alpha value is -2.60. The van der Waals surface area contributed by atoms with Gasteiger partial charge in [0.25, 0.3) is 5.56 Å². The SMILES string of the molecule is CCCn1c(SCC(=O)N(c2ccccc2)C(C)C)nc2ccccc2c1=O. The monoisotopic (exact) mass is 395 g/mol. The van der Waals surface area contributed by atoms with Crippen LogP contribution in [0.1, 0.15) is 27.2 Å². The number of hydrogen-bond acceptors (Lipinski definition) is 4. The van der Waals surface area contributed by atoms with Crippen LogP contribution in [0.15, 0.2) is 64.5 Å². The molecule has 3 aromatic rings. The van der Waals surface area contributed by atoms with E-state index >= 15 is 0 Å². The van der Waals surface area contributed by atoms with Crippen molar-refractivity contribution in [2.45, 2.75) is 44.9 Å². The van der Waals surface area contributed by atoms with Crippen molar-refractivity contribution in [3.63, 3.8) is 0 Å². The third kappa shape index (κ3) is 4.28. The molecule has 0 atom stereocenters. The van der Waals surface area contributed by atoms with Crippen LogP contribution in [0.25, 0.3) is 10.9 Å². The Kier molecular flexibility index (Phi) is 6.52. The molecule has 0 fully saturated rings. The van der Waals surface area contributed by atoms with Crippen molar-refractivity contribution in [2.24, 2.45) is 0 Å². The standard InChI is InChI=1S/C22H25N3O2S/c1-4-14-24-21(27)18-12-8-9-13-19(18)23-22(24)28-15-20(26)25(16(2)3)17-10-6-5-7-11-17/h5-13,16H,4,14-15H2,1-3H3. The fraction of sp³-hybridized carbons (Fsp3) is 0.318. The lowest BCUT2D eigenvalue weighted by molar-refractivity contribution is -0.116. The molecule has 1 heterocycles. The fourth-order valence-electron chi connectivity index (χ4n) is 3.19. The molecule has 0 unspecified atom stereocenters. The highest BCUT2D eigenvalue weighted by molar-refractivity contribution is 7.99. The first-order valence-electron chi connectivity index (χ1n) is 9.52. The van der Waals surface area contributed by atoms with E-state index < -0.39 is 0 Å². The van der Waals surface area contributed by atoms with Gasteiger partial charge in [-0.15, -0.1) is 0 Å². The molecule has 0 aliphatic carbocycles. The number of para-hydroxylation sites is 2. The second kappa shape index (κ2) is 9.06. The maximum absolute atomic E-state index is 13.0. The number of amides is 1. The second-order valence-corrected chi connectivity index (χ2v) is 7.79. The van der Waals surface area contributed by atoms with E-state index in [2.05, 4.69) is 4.98 Å². The zero-order valence-corrected chi connectivity index (χ0v) is 17.3. The van der Waals surface area contributed by atoms with E-state index in [1.807, 2.05) is 69.3 Å². The van der Waals surface area contributed by atoms with Gasteiger partial charge in [0.1, 0.15) is 0 Å². The van der Waals surface area contributed by atoms with Gasteiger partial charge in [0.2, 0.25) is 5.91 Å². The second-order valence-electron chi connectivity index (χ2n) is 6.85. The topological polar surface area (TPSA) is 55.2 Å². The molecule has 0 saturated carbocycles. The number of benzene rings is 2. The number of fused-ring (bicyclic) bond motifs is 1. The summed E-state index contributed by atoms with van der Waals surface area (Å²) in [4.78, 5) is 32.3. The molecule has 1 amide bonds. The molecule has 6 heteroatoms. The van der Waals surface area contributed by atoms with Gasteiger partial charge in [-0.2, -0.15) is 0 Å². The minimum Gasteiger partial charge on any atom is -0.309 e. The first-order chi connectivity index (χ1) is 13.5. The van der Waals surface area contributed by atoms with Crippen molar-refractivity contribution < 1.29 is 4.79 Å². The fourth-order valence-corrected chi connectivity index (χ4v) is 4.08. The third-order valence-electron chi connectivity index (χ3n) is 4.42. The molecule has 146 valence electrons. The molecule has 5 nitrogen and oxygen atoms in total. The summed E-state index contributed by atoms with van der Waals surface area (Å²) in [6, 6.07) is 17.0. The first-order valence-corrected chi connectivity index (χ1v) is 10.5. The molecular weight excluding hydrogens is 370 g/mol. The predicted octanol–water partition coefficient (Wildman–Crippen LogP) is 4.34. The predicted molar refractivity (Wildman–Crippen MR) is 116 cm³/mol.